The third kappa shape index (κ3) is 6.31. The molecule has 2 N–H and O–H groups in total. The van der Waals surface area contributed by atoms with E-state index in [1.807, 2.05) is 11.0 Å². The molecule has 0 amide bonds. The third-order valence-corrected chi connectivity index (χ3v) is 6.44. The number of nitrogens with one attached hydrogen (secondary N) is 1. The van der Waals surface area contributed by atoms with E-state index < -0.39 is 24.4 Å². The van der Waals surface area contributed by atoms with Crippen LogP contribution >= 0.6 is 0 Å². The molecule has 2 atom stereocenters. The summed E-state index contributed by atoms with van der Waals surface area (Å²) in [4.78, 5) is 30.0. The summed E-state index contributed by atoms with van der Waals surface area (Å²) in [6, 6.07) is -1.83. The van der Waals surface area contributed by atoms with E-state index in [0.29, 0.717) is 48.5 Å². The van der Waals surface area contributed by atoms with Crippen molar-refractivity contribution in [2.75, 3.05) is 26.2 Å². The van der Waals surface area contributed by atoms with Gasteiger partial charge in [0.25, 0.3) is 0 Å². The maximum atomic E-state index is 15.2. The summed E-state index contributed by atoms with van der Waals surface area (Å²) < 4.78 is 54.3. The maximum absolute atomic E-state index is 15.2. The minimum absolute atomic E-state index is 0.00779. The first-order valence-electron chi connectivity index (χ1n) is 12.1. The summed E-state index contributed by atoms with van der Waals surface area (Å²) in [5.74, 6) is -0.326. The fraction of sp³-hybridized carbons (Fsp3) is 0.423. The minimum Gasteiger partial charge on any atom is -0.481 e. The van der Waals surface area contributed by atoms with Crippen LogP contribution in [-0.2, 0) is 4.79 Å². The molecule has 4 rings (SSSR count). The fourth-order valence-corrected chi connectivity index (χ4v) is 4.47. The van der Waals surface area contributed by atoms with Gasteiger partial charge in [0.05, 0.1) is 11.8 Å². The average molecular weight is 533 g/mol. The molecule has 12 heteroatoms. The molecule has 1 saturated heterocycles. The summed E-state index contributed by atoms with van der Waals surface area (Å²) in [6.07, 6.45) is 2.04. The molecule has 3 aliphatic heterocycles. The number of alkyl halides is 4. The minimum atomic E-state index is -4.45. The highest BCUT2D eigenvalue weighted by Gasteiger charge is 2.40. The van der Waals surface area contributed by atoms with Crippen molar-refractivity contribution in [2.45, 2.75) is 44.6 Å². The number of fused-ring (bicyclic) bond motifs is 1. The van der Waals surface area contributed by atoms with Crippen molar-refractivity contribution in [1.82, 2.24) is 19.8 Å². The van der Waals surface area contributed by atoms with Crippen LogP contribution < -0.4 is 10.8 Å². The molecular weight excluding hydrogens is 504 g/mol. The highest BCUT2D eigenvalue weighted by atomic mass is 19.4. The molecule has 2 unspecified atom stereocenters. The number of aliphatic imine (C=N–C) groups is 1. The molecule has 1 aromatic rings. The van der Waals surface area contributed by atoms with E-state index in [-0.39, 0.29) is 30.6 Å². The number of hydrogen-bond acceptors (Lipinski definition) is 6. The van der Waals surface area contributed by atoms with Gasteiger partial charge in [0.2, 0.25) is 0 Å². The number of carboxylic acids is 1. The predicted molar refractivity (Wildman–Crippen MR) is 134 cm³/mol. The number of carboxylic acid groups (broad SMARTS) is 1. The molecule has 8 nitrogen and oxygen atoms in total. The zero-order valence-electron chi connectivity index (χ0n) is 20.8. The van der Waals surface area contributed by atoms with Gasteiger partial charge in [-0.05, 0) is 19.4 Å². The van der Waals surface area contributed by atoms with Gasteiger partial charge in [-0.1, -0.05) is 24.3 Å². The van der Waals surface area contributed by atoms with Crippen molar-refractivity contribution in [3.05, 3.63) is 64.7 Å². The van der Waals surface area contributed by atoms with Crippen molar-refractivity contribution in [2.24, 2.45) is 9.98 Å². The molecule has 202 valence electrons. The number of aromatic nitrogens is 2. The summed E-state index contributed by atoms with van der Waals surface area (Å²) in [7, 11) is 0. The zero-order chi connectivity index (χ0) is 27.4. The van der Waals surface area contributed by atoms with E-state index in [0.717, 1.165) is 5.70 Å². The van der Waals surface area contributed by atoms with Gasteiger partial charge in [0, 0.05) is 56.1 Å². The molecule has 1 fully saturated rings. The van der Waals surface area contributed by atoms with Crippen LogP contribution in [0, 0.1) is 0 Å². The quantitative estimate of drug-likeness (QED) is 0.334. The molecule has 1 aromatic heterocycles. The number of hydrogen-bond donors (Lipinski definition) is 2. The molecule has 0 spiro atoms. The van der Waals surface area contributed by atoms with Crippen molar-refractivity contribution in [1.29, 1.82) is 0 Å². The first-order chi connectivity index (χ1) is 18.0. The predicted octanol–water partition coefficient (Wildman–Crippen LogP) is 2.89. The average Bonchev–Trinajstić information content (AvgIpc) is 3.29. The van der Waals surface area contributed by atoms with Gasteiger partial charge in [-0.3, -0.25) is 9.79 Å². The van der Waals surface area contributed by atoms with E-state index in [1.165, 1.54) is 12.3 Å². The first kappa shape index (κ1) is 27.1. The summed E-state index contributed by atoms with van der Waals surface area (Å²) in [5, 5.41) is 9.33. The molecular formula is C26H28F4N6O2. The van der Waals surface area contributed by atoms with E-state index in [9.17, 15) is 18.0 Å². The van der Waals surface area contributed by atoms with Gasteiger partial charge in [-0.2, -0.15) is 13.2 Å². The van der Waals surface area contributed by atoms with Crippen LogP contribution in [0.15, 0.2) is 58.0 Å². The Balaban J connectivity index is 1.45. The van der Waals surface area contributed by atoms with Crippen molar-refractivity contribution in [3.8, 4) is 0 Å². The van der Waals surface area contributed by atoms with Crippen LogP contribution in [0.2, 0.25) is 0 Å². The Labute approximate surface area is 216 Å². The Morgan fingerprint density at radius 1 is 1.29 bits per heavy atom. The second-order valence-electron chi connectivity index (χ2n) is 9.26. The molecule has 0 aliphatic carbocycles. The number of rotatable bonds is 6. The molecule has 38 heavy (non-hydrogen) atoms. The second-order valence-corrected chi connectivity index (χ2v) is 9.26. The lowest BCUT2D eigenvalue weighted by Crippen LogP contribution is -2.50. The first-order valence-corrected chi connectivity index (χ1v) is 12.1. The number of allylic oxidation sites excluding steroid dienone is 4. The Hall–Kier alpha value is -3.92. The van der Waals surface area contributed by atoms with Gasteiger partial charge in [0.1, 0.15) is 11.7 Å². The SMILES string of the molecule is C=C=CC(=CC=C(C)CC(=O)O)N1CCN(C2=NC=C(c3nc4c([nH]3)=CCC(C(F)(F)F)N=4)CC2F)CC1. The Bertz CT molecular complexity index is 1370. The molecule has 0 saturated carbocycles. The number of amidine groups is 1. The monoisotopic (exact) mass is 532 g/mol. The number of aliphatic carboxylic acids is 1. The lowest BCUT2D eigenvalue weighted by Gasteiger charge is -2.39. The lowest BCUT2D eigenvalue weighted by molar-refractivity contribution is -0.146. The summed E-state index contributed by atoms with van der Waals surface area (Å²) >= 11 is 0. The van der Waals surface area contributed by atoms with Crippen LogP contribution in [-0.4, -0.2) is 81.2 Å². The largest absolute Gasteiger partial charge is 0.481 e. The lowest BCUT2D eigenvalue weighted by atomic mass is 10.1. The van der Waals surface area contributed by atoms with Crippen molar-refractivity contribution in [3.63, 3.8) is 0 Å². The number of H-pyrrole nitrogens is 1. The van der Waals surface area contributed by atoms with Crippen LogP contribution in [0.1, 0.15) is 32.0 Å². The van der Waals surface area contributed by atoms with Gasteiger partial charge in [0.15, 0.2) is 17.7 Å². The number of carbonyl (C=O) groups is 1. The van der Waals surface area contributed by atoms with E-state index in [4.69, 9.17) is 5.11 Å². The third-order valence-electron chi connectivity index (χ3n) is 6.44. The summed E-state index contributed by atoms with van der Waals surface area (Å²) in [5.41, 5.74) is 4.72. The number of halogens is 4. The van der Waals surface area contributed by atoms with Gasteiger partial charge >= 0.3 is 12.1 Å². The van der Waals surface area contributed by atoms with Gasteiger partial charge in [-0.25, -0.2) is 14.4 Å². The molecule has 3 aliphatic rings. The van der Waals surface area contributed by atoms with Crippen molar-refractivity contribution < 1.29 is 27.5 Å². The molecule has 0 aromatic carbocycles. The molecule has 0 bridgehead atoms. The smallest absolute Gasteiger partial charge is 0.411 e. The number of piperazine rings is 1. The van der Waals surface area contributed by atoms with E-state index in [1.54, 1.807) is 19.1 Å². The van der Waals surface area contributed by atoms with Crippen molar-refractivity contribution >= 4 is 23.5 Å². The van der Waals surface area contributed by atoms with E-state index in [2.05, 4.69) is 37.2 Å². The highest BCUT2D eigenvalue weighted by molar-refractivity contribution is 5.91. The van der Waals surface area contributed by atoms with Crippen LogP contribution in [0.5, 0.6) is 0 Å². The molecule has 0 radical (unpaired) electrons. The number of nitrogens with zero attached hydrogens (tertiary/aromatic N) is 5. The normalized spacial score (nSPS) is 22.4. The van der Waals surface area contributed by atoms with Crippen LogP contribution in [0.25, 0.3) is 11.6 Å². The standard InChI is InChI=1S/C26H28F4N6O2/c1-3-4-18(6-5-16(2)13-22(37)38)35-9-11-36(12-10-35)25-19(27)14-17(15-31-25)23-32-20-7-8-21(26(28,29)30)33-24(20)34-23/h4-7,15,19,21H,1,8-14H2,2H3,(H,37,38)(H,32,33,34). The van der Waals surface area contributed by atoms with Crippen LogP contribution in [0.3, 0.4) is 0 Å². The zero-order valence-corrected chi connectivity index (χ0v) is 20.8. The Kier molecular flexibility index (Phi) is 8.01. The highest BCUT2D eigenvalue weighted by Crippen LogP contribution is 2.27. The van der Waals surface area contributed by atoms with Gasteiger partial charge in [-0.15, -0.1) is 5.73 Å². The Morgan fingerprint density at radius 3 is 2.66 bits per heavy atom. The van der Waals surface area contributed by atoms with Crippen LogP contribution in [0.4, 0.5) is 17.6 Å². The number of imidazole rings is 1. The van der Waals surface area contributed by atoms with E-state index >= 15 is 4.39 Å². The van der Waals surface area contributed by atoms with Gasteiger partial charge < -0.3 is 19.9 Å². The summed E-state index contributed by atoms with van der Waals surface area (Å²) in [6.45, 7) is 7.57. The number of aromatic amines is 1. The maximum Gasteiger partial charge on any atom is 0.411 e. The fourth-order valence-electron chi connectivity index (χ4n) is 4.47. The molecule has 4 heterocycles. The second kappa shape index (κ2) is 11.2. The Morgan fingerprint density at radius 2 is 2.03 bits per heavy atom. The topological polar surface area (TPSA) is 97.2 Å².